The Hall–Kier alpha value is -2.45. The van der Waals surface area contributed by atoms with E-state index in [4.69, 9.17) is 9.26 Å². The predicted octanol–water partition coefficient (Wildman–Crippen LogP) is 1.74. The molecule has 4 rings (SSSR count). The zero-order valence-electron chi connectivity index (χ0n) is 14.6. The largest absolute Gasteiger partial charge is 0.372 e. The fourth-order valence-electron chi connectivity index (χ4n) is 3.22. The van der Waals surface area contributed by atoms with Crippen molar-refractivity contribution in [1.82, 2.24) is 30.0 Å². The van der Waals surface area contributed by atoms with Gasteiger partial charge in [-0.15, -0.1) is 0 Å². The molecule has 3 aromatic heterocycles. The molecule has 1 aliphatic rings. The van der Waals surface area contributed by atoms with Crippen LogP contribution < -0.4 is 5.32 Å². The molecule has 8 nitrogen and oxygen atoms in total. The average molecular weight is 342 g/mol. The lowest BCUT2D eigenvalue weighted by molar-refractivity contribution is 0.0974. The first kappa shape index (κ1) is 16.0. The average Bonchev–Trinajstić information content (AvgIpc) is 3.35. The van der Waals surface area contributed by atoms with Crippen LogP contribution in [0.3, 0.4) is 0 Å². The van der Waals surface area contributed by atoms with Crippen molar-refractivity contribution >= 4 is 0 Å². The second kappa shape index (κ2) is 6.45. The Morgan fingerprint density at radius 1 is 1.28 bits per heavy atom. The minimum atomic E-state index is 0.0226. The van der Waals surface area contributed by atoms with Gasteiger partial charge in [0, 0.05) is 55.8 Å². The summed E-state index contributed by atoms with van der Waals surface area (Å²) in [5.41, 5.74) is 4.03. The summed E-state index contributed by atoms with van der Waals surface area (Å²) in [7, 11) is 3.83. The smallest absolute Gasteiger partial charge is 0.151 e. The molecule has 0 radical (unpaired) electrons. The number of ether oxygens (including phenoxy) is 1. The number of nitrogens with one attached hydrogen (secondary N) is 1. The normalized spacial score (nSPS) is 20.4. The standard InChI is InChI=1S/C17H22N6O2/c1-11-14(9-20-23(11)3)17-15(4-5-24-17)18-8-13-6-16(21-25-13)12-7-19-22(2)10-12/h6-7,9-10,15,17-18H,4-5,8H2,1-3H3. The summed E-state index contributed by atoms with van der Waals surface area (Å²) in [6.45, 7) is 3.42. The summed E-state index contributed by atoms with van der Waals surface area (Å²) in [5.74, 6) is 0.799. The Bertz CT molecular complexity index is 864. The third-order valence-electron chi connectivity index (χ3n) is 4.77. The van der Waals surface area contributed by atoms with E-state index in [-0.39, 0.29) is 12.1 Å². The molecule has 25 heavy (non-hydrogen) atoms. The van der Waals surface area contributed by atoms with E-state index in [1.165, 1.54) is 0 Å². The first-order chi connectivity index (χ1) is 12.1. The molecule has 0 saturated carbocycles. The van der Waals surface area contributed by atoms with Gasteiger partial charge < -0.3 is 14.6 Å². The van der Waals surface area contributed by atoms with Gasteiger partial charge in [0.05, 0.1) is 18.9 Å². The second-order valence-corrected chi connectivity index (χ2v) is 6.46. The van der Waals surface area contributed by atoms with Gasteiger partial charge in [-0.25, -0.2) is 0 Å². The lowest BCUT2D eigenvalue weighted by atomic mass is 10.0. The third kappa shape index (κ3) is 3.10. The highest BCUT2D eigenvalue weighted by Crippen LogP contribution is 2.31. The molecule has 3 aromatic rings. The Kier molecular flexibility index (Phi) is 4.14. The van der Waals surface area contributed by atoms with Crippen LogP contribution in [0.1, 0.15) is 29.5 Å². The fraction of sp³-hybridized carbons (Fsp3) is 0.471. The van der Waals surface area contributed by atoms with Crippen LogP contribution in [0.2, 0.25) is 0 Å². The van der Waals surface area contributed by atoms with Gasteiger partial charge in [0.15, 0.2) is 5.76 Å². The third-order valence-corrected chi connectivity index (χ3v) is 4.77. The predicted molar refractivity (Wildman–Crippen MR) is 90.6 cm³/mol. The monoisotopic (exact) mass is 342 g/mol. The Morgan fingerprint density at radius 3 is 2.88 bits per heavy atom. The van der Waals surface area contributed by atoms with E-state index >= 15 is 0 Å². The van der Waals surface area contributed by atoms with E-state index < -0.39 is 0 Å². The quantitative estimate of drug-likeness (QED) is 0.760. The number of aromatic nitrogens is 5. The summed E-state index contributed by atoms with van der Waals surface area (Å²) >= 11 is 0. The highest BCUT2D eigenvalue weighted by atomic mass is 16.5. The van der Waals surface area contributed by atoms with Crippen molar-refractivity contribution < 1.29 is 9.26 Å². The molecule has 1 aliphatic heterocycles. The molecule has 0 aliphatic carbocycles. The first-order valence-electron chi connectivity index (χ1n) is 8.40. The summed E-state index contributed by atoms with van der Waals surface area (Å²) in [5, 5.41) is 16.1. The van der Waals surface area contributed by atoms with Crippen molar-refractivity contribution in [2.45, 2.75) is 32.0 Å². The molecule has 0 amide bonds. The Balaban J connectivity index is 1.42. The zero-order chi connectivity index (χ0) is 17.4. The molecule has 2 unspecified atom stereocenters. The molecule has 0 bridgehead atoms. The van der Waals surface area contributed by atoms with Crippen LogP contribution in [0.5, 0.6) is 0 Å². The molecule has 1 saturated heterocycles. The topological polar surface area (TPSA) is 82.9 Å². The lowest BCUT2D eigenvalue weighted by Gasteiger charge is -2.19. The van der Waals surface area contributed by atoms with Gasteiger partial charge in [0.2, 0.25) is 0 Å². The van der Waals surface area contributed by atoms with Crippen LogP contribution >= 0.6 is 0 Å². The van der Waals surface area contributed by atoms with Crippen LogP contribution in [0.4, 0.5) is 0 Å². The molecule has 4 heterocycles. The zero-order valence-corrected chi connectivity index (χ0v) is 14.6. The molecule has 1 N–H and O–H groups in total. The molecule has 0 aromatic carbocycles. The maximum Gasteiger partial charge on any atom is 0.151 e. The van der Waals surface area contributed by atoms with Gasteiger partial charge in [-0.1, -0.05) is 5.16 Å². The van der Waals surface area contributed by atoms with E-state index in [2.05, 4.69) is 27.6 Å². The summed E-state index contributed by atoms with van der Waals surface area (Å²) in [6, 6.07) is 2.18. The molecular formula is C17H22N6O2. The molecule has 1 fully saturated rings. The van der Waals surface area contributed by atoms with Gasteiger partial charge in [-0.05, 0) is 13.3 Å². The summed E-state index contributed by atoms with van der Waals surface area (Å²) < 4.78 is 15.0. The summed E-state index contributed by atoms with van der Waals surface area (Å²) in [4.78, 5) is 0. The number of rotatable bonds is 5. The van der Waals surface area contributed by atoms with Crippen LogP contribution in [0, 0.1) is 6.92 Å². The van der Waals surface area contributed by atoms with E-state index in [0.29, 0.717) is 6.54 Å². The number of hydrogen-bond acceptors (Lipinski definition) is 6. The van der Waals surface area contributed by atoms with Gasteiger partial charge in [0.1, 0.15) is 11.8 Å². The van der Waals surface area contributed by atoms with Crippen LogP contribution in [-0.4, -0.2) is 37.4 Å². The van der Waals surface area contributed by atoms with Gasteiger partial charge in [-0.3, -0.25) is 9.36 Å². The second-order valence-electron chi connectivity index (χ2n) is 6.46. The van der Waals surface area contributed by atoms with Crippen LogP contribution in [0.15, 0.2) is 29.2 Å². The molecule has 132 valence electrons. The number of aryl methyl sites for hydroxylation is 2. The van der Waals surface area contributed by atoms with Crippen molar-refractivity contribution in [2.75, 3.05) is 6.61 Å². The van der Waals surface area contributed by atoms with Crippen molar-refractivity contribution in [1.29, 1.82) is 0 Å². The van der Waals surface area contributed by atoms with E-state index in [1.807, 2.05) is 37.2 Å². The Labute approximate surface area is 145 Å². The van der Waals surface area contributed by atoms with Crippen molar-refractivity contribution in [3.05, 3.63) is 41.7 Å². The first-order valence-corrected chi connectivity index (χ1v) is 8.40. The maximum absolute atomic E-state index is 5.94. The van der Waals surface area contributed by atoms with Crippen molar-refractivity contribution in [2.24, 2.45) is 14.1 Å². The highest BCUT2D eigenvalue weighted by molar-refractivity contribution is 5.56. The highest BCUT2D eigenvalue weighted by Gasteiger charge is 2.31. The minimum Gasteiger partial charge on any atom is -0.372 e. The van der Waals surface area contributed by atoms with Crippen molar-refractivity contribution in [3.63, 3.8) is 0 Å². The molecule has 2 atom stereocenters. The SMILES string of the molecule is Cc1c(C2OCCC2NCc2cc(-c3cnn(C)c3)no2)cnn1C. The number of hydrogen-bond donors (Lipinski definition) is 1. The molecule has 0 spiro atoms. The van der Waals surface area contributed by atoms with Crippen LogP contribution in [-0.2, 0) is 25.4 Å². The molecular weight excluding hydrogens is 320 g/mol. The van der Waals surface area contributed by atoms with E-state index in [1.54, 1.807) is 10.9 Å². The van der Waals surface area contributed by atoms with Crippen molar-refractivity contribution in [3.8, 4) is 11.3 Å². The van der Waals surface area contributed by atoms with Crippen LogP contribution in [0.25, 0.3) is 11.3 Å². The maximum atomic E-state index is 5.94. The van der Waals surface area contributed by atoms with Gasteiger partial charge in [-0.2, -0.15) is 10.2 Å². The number of nitrogens with zero attached hydrogens (tertiary/aromatic N) is 5. The minimum absolute atomic E-state index is 0.0226. The fourth-order valence-corrected chi connectivity index (χ4v) is 3.22. The van der Waals surface area contributed by atoms with Gasteiger partial charge in [0.25, 0.3) is 0 Å². The van der Waals surface area contributed by atoms with E-state index in [0.717, 1.165) is 41.3 Å². The summed E-state index contributed by atoms with van der Waals surface area (Å²) in [6.07, 6.45) is 6.58. The molecule has 8 heteroatoms. The lowest BCUT2D eigenvalue weighted by Crippen LogP contribution is -2.31. The van der Waals surface area contributed by atoms with E-state index in [9.17, 15) is 0 Å². The Morgan fingerprint density at radius 2 is 2.16 bits per heavy atom. The van der Waals surface area contributed by atoms with Gasteiger partial charge >= 0.3 is 0 Å².